The molecule has 0 aliphatic heterocycles. The Balaban J connectivity index is 1.42. The molecule has 4 N–H and O–H groups in total. The summed E-state index contributed by atoms with van der Waals surface area (Å²) in [6, 6.07) is 17.2. The average molecular weight is 494 g/mol. The van der Waals surface area contributed by atoms with E-state index in [4.69, 9.17) is 10.5 Å². The molecule has 0 saturated heterocycles. The quantitative estimate of drug-likeness (QED) is 0.230. The van der Waals surface area contributed by atoms with Gasteiger partial charge < -0.3 is 20.8 Å². The lowest BCUT2D eigenvalue weighted by molar-refractivity contribution is 0.415. The number of aromatic amines is 1. The van der Waals surface area contributed by atoms with Gasteiger partial charge >= 0.3 is 0 Å². The van der Waals surface area contributed by atoms with Crippen LogP contribution in [0, 0.1) is 6.92 Å². The standard InChI is InChI=1S/C23H23N7O2S2/c1-14-6-8-18(9-7-14)33-12-16-11-20(31)29-23(26-16)34-13-19-27-21(24)30-22(28-19)25-15-4-3-5-17(10-15)32-2/h3-11H,12-13H2,1-2H3,(H,26,29,31)(H3,24,25,27,28,30). The second-order valence-corrected chi connectivity index (χ2v) is 9.24. The molecular formula is C23H23N7O2S2. The fourth-order valence-corrected chi connectivity index (χ4v) is 4.48. The van der Waals surface area contributed by atoms with Gasteiger partial charge in [0.05, 0.1) is 18.6 Å². The highest BCUT2D eigenvalue weighted by atomic mass is 32.2. The van der Waals surface area contributed by atoms with Crippen LogP contribution in [0.2, 0.25) is 0 Å². The van der Waals surface area contributed by atoms with Crippen LogP contribution >= 0.6 is 23.5 Å². The van der Waals surface area contributed by atoms with E-state index in [0.29, 0.717) is 39.9 Å². The molecule has 0 atom stereocenters. The monoisotopic (exact) mass is 493 g/mol. The van der Waals surface area contributed by atoms with Crippen molar-refractivity contribution in [3.05, 3.63) is 82.0 Å². The van der Waals surface area contributed by atoms with E-state index in [2.05, 4.69) is 54.5 Å². The molecule has 4 aromatic rings. The van der Waals surface area contributed by atoms with Crippen LogP contribution in [0.1, 0.15) is 17.1 Å². The predicted octanol–water partition coefficient (Wildman–Crippen LogP) is 4.18. The molecule has 0 unspecified atom stereocenters. The molecule has 2 aromatic carbocycles. The van der Waals surface area contributed by atoms with Crippen LogP contribution in [-0.4, -0.2) is 32.0 Å². The van der Waals surface area contributed by atoms with Crippen molar-refractivity contribution in [1.29, 1.82) is 0 Å². The number of thioether (sulfide) groups is 2. The number of hydrogen-bond acceptors (Lipinski definition) is 10. The summed E-state index contributed by atoms with van der Waals surface area (Å²) in [7, 11) is 1.60. The Kier molecular flexibility index (Phi) is 7.65. The largest absolute Gasteiger partial charge is 0.497 e. The molecule has 0 aliphatic carbocycles. The van der Waals surface area contributed by atoms with E-state index in [9.17, 15) is 4.79 Å². The molecule has 11 heteroatoms. The van der Waals surface area contributed by atoms with E-state index in [1.54, 1.807) is 18.9 Å². The molecule has 2 heterocycles. The molecule has 0 aliphatic rings. The zero-order valence-corrected chi connectivity index (χ0v) is 20.2. The van der Waals surface area contributed by atoms with Crippen molar-refractivity contribution in [2.24, 2.45) is 0 Å². The number of aromatic nitrogens is 5. The van der Waals surface area contributed by atoms with Crippen molar-refractivity contribution in [2.45, 2.75) is 28.5 Å². The van der Waals surface area contributed by atoms with Crippen LogP contribution in [0.15, 0.2) is 69.4 Å². The van der Waals surface area contributed by atoms with Crippen LogP contribution in [0.5, 0.6) is 5.75 Å². The van der Waals surface area contributed by atoms with Gasteiger partial charge in [0.25, 0.3) is 5.56 Å². The molecule has 0 spiro atoms. The number of anilines is 3. The summed E-state index contributed by atoms with van der Waals surface area (Å²) in [6.07, 6.45) is 0. The maximum Gasteiger partial charge on any atom is 0.251 e. The van der Waals surface area contributed by atoms with Gasteiger partial charge in [-0.2, -0.15) is 15.0 Å². The average Bonchev–Trinajstić information content (AvgIpc) is 2.82. The van der Waals surface area contributed by atoms with Crippen molar-refractivity contribution >= 4 is 41.1 Å². The highest BCUT2D eigenvalue weighted by molar-refractivity contribution is 7.98. The van der Waals surface area contributed by atoms with E-state index in [1.165, 1.54) is 23.4 Å². The maximum absolute atomic E-state index is 12.1. The van der Waals surface area contributed by atoms with Gasteiger partial charge in [-0.05, 0) is 31.2 Å². The first-order valence-electron chi connectivity index (χ1n) is 10.3. The highest BCUT2D eigenvalue weighted by Crippen LogP contribution is 2.24. The van der Waals surface area contributed by atoms with Gasteiger partial charge in [-0.15, -0.1) is 11.8 Å². The summed E-state index contributed by atoms with van der Waals surface area (Å²) < 4.78 is 5.24. The minimum Gasteiger partial charge on any atom is -0.497 e. The molecule has 9 nitrogen and oxygen atoms in total. The normalized spacial score (nSPS) is 10.8. The van der Waals surface area contributed by atoms with E-state index in [0.717, 1.165) is 10.6 Å². The number of nitrogens with one attached hydrogen (secondary N) is 2. The van der Waals surface area contributed by atoms with Gasteiger partial charge in [0, 0.05) is 28.5 Å². The lowest BCUT2D eigenvalue weighted by Crippen LogP contribution is -2.10. The molecule has 0 amide bonds. The smallest absolute Gasteiger partial charge is 0.251 e. The summed E-state index contributed by atoms with van der Waals surface area (Å²) in [5.41, 5.74) is 8.34. The number of nitrogens with two attached hydrogens (primary N) is 1. The summed E-state index contributed by atoms with van der Waals surface area (Å²) in [5, 5.41) is 3.60. The second-order valence-electron chi connectivity index (χ2n) is 7.22. The number of hydrogen-bond donors (Lipinski definition) is 3. The molecule has 34 heavy (non-hydrogen) atoms. The summed E-state index contributed by atoms with van der Waals surface area (Å²) in [5.74, 6) is 2.54. The molecule has 0 fully saturated rings. The Bertz CT molecular complexity index is 1330. The van der Waals surface area contributed by atoms with Crippen LogP contribution in [0.4, 0.5) is 17.6 Å². The lowest BCUT2D eigenvalue weighted by Gasteiger charge is -2.08. The van der Waals surface area contributed by atoms with Crippen molar-refractivity contribution in [3.63, 3.8) is 0 Å². The molecule has 0 bridgehead atoms. The Hall–Kier alpha value is -3.57. The molecular weight excluding hydrogens is 470 g/mol. The minimum absolute atomic E-state index is 0.0979. The van der Waals surface area contributed by atoms with Gasteiger partial charge in [0.2, 0.25) is 11.9 Å². The van der Waals surface area contributed by atoms with Crippen LogP contribution in [0.3, 0.4) is 0 Å². The number of H-pyrrole nitrogens is 1. The summed E-state index contributed by atoms with van der Waals surface area (Å²) >= 11 is 2.95. The predicted molar refractivity (Wildman–Crippen MR) is 136 cm³/mol. The number of rotatable bonds is 9. The number of nitrogen functional groups attached to an aromatic ring is 1. The molecule has 0 saturated carbocycles. The Morgan fingerprint density at radius 3 is 2.62 bits per heavy atom. The first-order valence-corrected chi connectivity index (χ1v) is 12.3. The zero-order chi connectivity index (χ0) is 23.9. The highest BCUT2D eigenvalue weighted by Gasteiger charge is 2.09. The minimum atomic E-state index is -0.201. The van der Waals surface area contributed by atoms with Gasteiger partial charge in [-0.25, -0.2) is 4.98 Å². The van der Waals surface area contributed by atoms with Crippen molar-refractivity contribution < 1.29 is 4.74 Å². The van der Waals surface area contributed by atoms with Crippen molar-refractivity contribution in [1.82, 2.24) is 24.9 Å². The van der Waals surface area contributed by atoms with Crippen LogP contribution < -0.4 is 21.3 Å². The van der Waals surface area contributed by atoms with Gasteiger partial charge in [0.1, 0.15) is 11.6 Å². The zero-order valence-electron chi connectivity index (χ0n) is 18.6. The van der Waals surface area contributed by atoms with E-state index >= 15 is 0 Å². The third-order valence-corrected chi connectivity index (χ3v) is 6.46. The topological polar surface area (TPSA) is 132 Å². The van der Waals surface area contributed by atoms with Gasteiger partial charge in [-0.3, -0.25) is 4.79 Å². The molecule has 4 rings (SSSR count). The first kappa shape index (κ1) is 23.6. The number of ether oxygens (including phenoxy) is 1. The second kappa shape index (κ2) is 11.0. The first-order chi connectivity index (χ1) is 16.5. The Morgan fingerprint density at radius 1 is 1.00 bits per heavy atom. The van der Waals surface area contributed by atoms with Crippen LogP contribution in [-0.2, 0) is 11.5 Å². The molecule has 174 valence electrons. The Morgan fingerprint density at radius 2 is 1.82 bits per heavy atom. The summed E-state index contributed by atoms with van der Waals surface area (Å²) in [6.45, 7) is 2.05. The van der Waals surface area contributed by atoms with Gasteiger partial charge in [0.15, 0.2) is 5.16 Å². The number of methoxy groups -OCH3 is 1. The fourth-order valence-electron chi connectivity index (χ4n) is 2.94. The maximum atomic E-state index is 12.1. The van der Waals surface area contributed by atoms with E-state index in [1.807, 2.05) is 31.2 Å². The van der Waals surface area contributed by atoms with Crippen molar-refractivity contribution in [3.8, 4) is 5.75 Å². The fraction of sp³-hybridized carbons (Fsp3) is 0.174. The van der Waals surface area contributed by atoms with E-state index in [-0.39, 0.29) is 11.5 Å². The number of aryl methyl sites for hydroxylation is 1. The van der Waals surface area contributed by atoms with Crippen LogP contribution in [0.25, 0.3) is 0 Å². The third kappa shape index (κ3) is 6.72. The number of nitrogens with zero attached hydrogens (tertiary/aromatic N) is 4. The number of benzene rings is 2. The summed E-state index contributed by atoms with van der Waals surface area (Å²) in [4.78, 5) is 33.4. The lowest BCUT2D eigenvalue weighted by atomic mass is 10.2. The van der Waals surface area contributed by atoms with Crippen molar-refractivity contribution in [2.75, 3.05) is 18.2 Å². The van der Waals surface area contributed by atoms with Gasteiger partial charge in [-0.1, -0.05) is 35.5 Å². The van der Waals surface area contributed by atoms with E-state index < -0.39 is 0 Å². The third-order valence-electron chi connectivity index (χ3n) is 4.54. The SMILES string of the molecule is COc1cccc(Nc2nc(N)nc(CSc3nc(CSc4ccc(C)cc4)cc(=O)[nH]3)n2)c1. The Labute approximate surface area is 205 Å². The molecule has 2 aromatic heterocycles. The molecule has 0 radical (unpaired) electrons.